The Balaban J connectivity index is 1.29. The molecule has 2 aromatic rings. The highest BCUT2D eigenvalue weighted by Crippen LogP contribution is 2.31. The number of amides is 2. The molecule has 0 saturated carbocycles. The van der Waals surface area contributed by atoms with Crippen molar-refractivity contribution in [1.29, 1.82) is 0 Å². The molecule has 0 fully saturated rings. The quantitative estimate of drug-likeness (QED) is 0.753. The van der Waals surface area contributed by atoms with Gasteiger partial charge in [0.2, 0.25) is 11.8 Å². The van der Waals surface area contributed by atoms with Crippen LogP contribution in [0.1, 0.15) is 36.8 Å². The molecule has 2 N–H and O–H groups in total. The van der Waals surface area contributed by atoms with Crippen molar-refractivity contribution < 1.29 is 19.4 Å². The number of rotatable bonds is 6. The molecule has 2 amide bonds. The summed E-state index contributed by atoms with van der Waals surface area (Å²) in [4.78, 5) is 25.6. The van der Waals surface area contributed by atoms with Crippen LogP contribution >= 0.6 is 0 Å². The topological polar surface area (TPSA) is 78.9 Å². The van der Waals surface area contributed by atoms with Gasteiger partial charge in [0, 0.05) is 37.2 Å². The minimum Gasteiger partial charge on any atom is -0.508 e. The molecule has 0 spiro atoms. The number of ether oxygens (including phenoxy) is 1. The predicted octanol–water partition coefficient (Wildman–Crippen LogP) is 3.42. The van der Waals surface area contributed by atoms with E-state index in [2.05, 4.69) is 5.32 Å². The molecule has 2 aliphatic heterocycles. The number of benzene rings is 2. The maximum Gasteiger partial charge on any atom is 0.227 e. The molecular formula is C22H24N2O4. The summed E-state index contributed by atoms with van der Waals surface area (Å²) < 4.78 is 5.82. The zero-order valence-electron chi connectivity index (χ0n) is 15.7. The van der Waals surface area contributed by atoms with Gasteiger partial charge in [-0.3, -0.25) is 9.59 Å². The second kappa shape index (κ2) is 7.92. The second-order valence-electron chi connectivity index (χ2n) is 7.28. The van der Waals surface area contributed by atoms with Crippen molar-refractivity contribution in [2.75, 3.05) is 23.4 Å². The number of aromatic hydroxyl groups is 1. The van der Waals surface area contributed by atoms with Gasteiger partial charge in [-0.15, -0.1) is 0 Å². The molecule has 146 valence electrons. The van der Waals surface area contributed by atoms with Crippen LogP contribution in [-0.2, 0) is 22.4 Å². The number of hydrogen-bond donors (Lipinski definition) is 2. The Bertz CT molecular complexity index is 909. The van der Waals surface area contributed by atoms with Crippen molar-refractivity contribution in [2.24, 2.45) is 0 Å². The standard InChI is InChI=1S/C22H24N2O4/c25-17-7-3-16-6-10-22(27)24(20(16)13-17)11-1-2-12-28-18-8-4-15-5-9-21(26)23-19(15)14-18/h3-4,7-8,13-14,25H,1-2,5-6,9-12H2,(H,23,26). The van der Waals surface area contributed by atoms with Crippen LogP contribution in [0.15, 0.2) is 36.4 Å². The van der Waals surface area contributed by atoms with Gasteiger partial charge in [-0.2, -0.15) is 0 Å². The van der Waals surface area contributed by atoms with E-state index in [0.717, 1.165) is 53.9 Å². The molecule has 4 rings (SSSR count). The van der Waals surface area contributed by atoms with Crippen molar-refractivity contribution in [3.63, 3.8) is 0 Å². The predicted molar refractivity (Wildman–Crippen MR) is 107 cm³/mol. The van der Waals surface area contributed by atoms with Crippen LogP contribution < -0.4 is 15.0 Å². The highest BCUT2D eigenvalue weighted by atomic mass is 16.5. The Labute approximate surface area is 164 Å². The minimum absolute atomic E-state index is 0.0437. The lowest BCUT2D eigenvalue weighted by molar-refractivity contribution is -0.119. The Kier molecular flexibility index (Phi) is 5.19. The largest absolute Gasteiger partial charge is 0.508 e. The van der Waals surface area contributed by atoms with E-state index in [-0.39, 0.29) is 17.6 Å². The average molecular weight is 380 g/mol. The van der Waals surface area contributed by atoms with Gasteiger partial charge in [0.1, 0.15) is 11.5 Å². The number of carbonyl (C=O) groups excluding carboxylic acids is 2. The van der Waals surface area contributed by atoms with E-state index >= 15 is 0 Å². The first kappa shape index (κ1) is 18.3. The van der Waals surface area contributed by atoms with Gasteiger partial charge in [0.05, 0.1) is 12.3 Å². The number of nitrogens with zero attached hydrogens (tertiary/aromatic N) is 1. The van der Waals surface area contributed by atoms with Crippen LogP contribution in [0.4, 0.5) is 11.4 Å². The summed E-state index contributed by atoms with van der Waals surface area (Å²) in [5.41, 5.74) is 3.90. The maximum atomic E-state index is 12.3. The summed E-state index contributed by atoms with van der Waals surface area (Å²) in [5.74, 6) is 1.07. The monoisotopic (exact) mass is 380 g/mol. The van der Waals surface area contributed by atoms with E-state index in [0.29, 0.717) is 26.0 Å². The molecule has 6 heteroatoms. The smallest absolute Gasteiger partial charge is 0.227 e. The van der Waals surface area contributed by atoms with E-state index < -0.39 is 0 Å². The first-order valence-corrected chi connectivity index (χ1v) is 9.78. The second-order valence-corrected chi connectivity index (χ2v) is 7.28. The number of hydrogen-bond acceptors (Lipinski definition) is 4. The molecule has 0 radical (unpaired) electrons. The van der Waals surface area contributed by atoms with E-state index in [9.17, 15) is 14.7 Å². The number of phenols is 1. The fourth-order valence-corrected chi connectivity index (χ4v) is 3.77. The van der Waals surface area contributed by atoms with Crippen molar-refractivity contribution in [3.8, 4) is 11.5 Å². The van der Waals surface area contributed by atoms with Gasteiger partial charge in [-0.05, 0) is 48.9 Å². The lowest BCUT2D eigenvalue weighted by Gasteiger charge is -2.29. The Morgan fingerprint density at radius 3 is 2.68 bits per heavy atom. The molecule has 28 heavy (non-hydrogen) atoms. The number of carbonyl (C=O) groups is 2. The van der Waals surface area contributed by atoms with E-state index in [1.165, 1.54) is 0 Å². The molecule has 0 unspecified atom stereocenters. The highest BCUT2D eigenvalue weighted by Gasteiger charge is 2.24. The molecule has 0 atom stereocenters. The van der Waals surface area contributed by atoms with Crippen LogP contribution in [0.5, 0.6) is 11.5 Å². The van der Waals surface area contributed by atoms with Crippen LogP contribution in [0.3, 0.4) is 0 Å². The maximum absolute atomic E-state index is 12.3. The lowest BCUT2D eigenvalue weighted by atomic mass is 10.0. The van der Waals surface area contributed by atoms with Gasteiger partial charge in [-0.25, -0.2) is 0 Å². The number of anilines is 2. The van der Waals surface area contributed by atoms with Gasteiger partial charge >= 0.3 is 0 Å². The molecule has 0 aromatic heterocycles. The summed E-state index contributed by atoms with van der Waals surface area (Å²) in [7, 11) is 0. The Morgan fingerprint density at radius 1 is 0.964 bits per heavy atom. The van der Waals surface area contributed by atoms with Crippen molar-refractivity contribution >= 4 is 23.2 Å². The zero-order chi connectivity index (χ0) is 19.5. The number of unbranched alkanes of at least 4 members (excludes halogenated alkanes) is 1. The summed E-state index contributed by atoms with van der Waals surface area (Å²) in [6, 6.07) is 11.0. The lowest BCUT2D eigenvalue weighted by Crippen LogP contribution is -2.36. The number of aryl methyl sites for hydroxylation is 2. The van der Waals surface area contributed by atoms with Crippen LogP contribution in [0.25, 0.3) is 0 Å². The first-order valence-electron chi connectivity index (χ1n) is 9.78. The molecule has 0 saturated heterocycles. The molecule has 2 aliphatic rings. The zero-order valence-corrected chi connectivity index (χ0v) is 15.7. The molecule has 2 aromatic carbocycles. The first-order chi connectivity index (χ1) is 13.6. The summed E-state index contributed by atoms with van der Waals surface area (Å²) in [6.45, 7) is 1.15. The fraction of sp³-hybridized carbons (Fsp3) is 0.364. The van der Waals surface area contributed by atoms with Crippen LogP contribution in [-0.4, -0.2) is 30.1 Å². The third-order valence-corrected chi connectivity index (χ3v) is 5.29. The number of nitrogens with one attached hydrogen (secondary N) is 1. The van der Waals surface area contributed by atoms with Crippen LogP contribution in [0, 0.1) is 0 Å². The van der Waals surface area contributed by atoms with Gasteiger partial charge < -0.3 is 20.1 Å². The summed E-state index contributed by atoms with van der Waals surface area (Å²) in [5, 5.41) is 12.6. The summed E-state index contributed by atoms with van der Waals surface area (Å²) in [6.07, 6.45) is 4.15. The summed E-state index contributed by atoms with van der Waals surface area (Å²) >= 11 is 0. The third kappa shape index (κ3) is 3.96. The Morgan fingerprint density at radius 2 is 1.79 bits per heavy atom. The third-order valence-electron chi connectivity index (χ3n) is 5.29. The van der Waals surface area contributed by atoms with E-state index in [4.69, 9.17) is 4.74 Å². The normalized spacial score (nSPS) is 15.6. The van der Waals surface area contributed by atoms with Crippen molar-refractivity contribution in [3.05, 3.63) is 47.5 Å². The van der Waals surface area contributed by atoms with Crippen LogP contribution in [0.2, 0.25) is 0 Å². The molecule has 2 heterocycles. The van der Waals surface area contributed by atoms with Gasteiger partial charge in [0.15, 0.2) is 0 Å². The van der Waals surface area contributed by atoms with E-state index in [1.807, 2.05) is 24.3 Å². The molecular weight excluding hydrogens is 356 g/mol. The molecule has 6 nitrogen and oxygen atoms in total. The van der Waals surface area contributed by atoms with E-state index in [1.54, 1.807) is 17.0 Å². The SMILES string of the molecule is O=C1CCc2ccc(OCCCCN3C(=O)CCc4ccc(O)cc43)cc2N1. The minimum atomic E-state index is 0.0437. The van der Waals surface area contributed by atoms with Gasteiger partial charge in [-0.1, -0.05) is 12.1 Å². The van der Waals surface area contributed by atoms with Crippen molar-refractivity contribution in [1.82, 2.24) is 0 Å². The molecule has 0 bridgehead atoms. The fourth-order valence-electron chi connectivity index (χ4n) is 3.77. The number of phenolic OH excluding ortho intramolecular Hbond substituents is 1. The average Bonchev–Trinajstić information content (AvgIpc) is 2.69. The number of fused-ring (bicyclic) bond motifs is 2. The Hall–Kier alpha value is -3.02. The van der Waals surface area contributed by atoms with Gasteiger partial charge in [0.25, 0.3) is 0 Å². The highest BCUT2D eigenvalue weighted by molar-refractivity contribution is 5.96. The van der Waals surface area contributed by atoms with Crippen molar-refractivity contribution in [2.45, 2.75) is 38.5 Å². The molecule has 0 aliphatic carbocycles.